The van der Waals surface area contributed by atoms with Gasteiger partial charge in [0.25, 0.3) is 5.91 Å². The molecule has 2 saturated heterocycles. The van der Waals surface area contributed by atoms with E-state index in [9.17, 15) is 18.0 Å². The van der Waals surface area contributed by atoms with Crippen molar-refractivity contribution in [2.45, 2.75) is 31.3 Å². The molecule has 0 bridgehead atoms. The van der Waals surface area contributed by atoms with Crippen LogP contribution in [0.3, 0.4) is 0 Å². The van der Waals surface area contributed by atoms with Crippen molar-refractivity contribution < 1.29 is 32.6 Å². The third-order valence-corrected chi connectivity index (χ3v) is 6.04. The standard InChI is InChI=1S/C20H26N4O2.C2HF3O2/c1-22-9-4-6-17(22)20(25)24-10-7-19(26-2)16-13-23(14-18(16)24)12-15-5-3-8-21-11-15;3-2(4,5)1(6)7/h3-6,8-9,11,16,18-19H,7,10,12-14H2,1-2H3;(H,6,7)/t16-,18+,19-;/m0./s1. The van der Waals surface area contributed by atoms with Crippen molar-refractivity contribution in [2.75, 3.05) is 26.7 Å². The van der Waals surface area contributed by atoms with Crippen LogP contribution < -0.4 is 0 Å². The second kappa shape index (κ2) is 10.3. The van der Waals surface area contributed by atoms with Gasteiger partial charge in [-0.05, 0) is 30.2 Å². The first-order valence-electron chi connectivity index (χ1n) is 10.5. The highest BCUT2D eigenvalue weighted by atomic mass is 19.4. The van der Waals surface area contributed by atoms with Gasteiger partial charge in [0.15, 0.2) is 0 Å². The van der Waals surface area contributed by atoms with Crippen molar-refractivity contribution in [3.8, 4) is 0 Å². The Hall–Kier alpha value is -2.92. The molecule has 0 saturated carbocycles. The van der Waals surface area contributed by atoms with Crippen molar-refractivity contribution >= 4 is 11.9 Å². The number of aromatic nitrogens is 2. The van der Waals surface area contributed by atoms with Gasteiger partial charge >= 0.3 is 12.1 Å². The quantitative estimate of drug-likeness (QED) is 0.742. The van der Waals surface area contributed by atoms with E-state index in [0.717, 1.165) is 38.3 Å². The summed E-state index contributed by atoms with van der Waals surface area (Å²) in [5.74, 6) is -2.27. The zero-order valence-electron chi connectivity index (χ0n) is 18.4. The number of aryl methyl sites for hydroxylation is 1. The van der Waals surface area contributed by atoms with E-state index >= 15 is 0 Å². The molecule has 2 aliphatic heterocycles. The number of hydrogen-bond donors (Lipinski definition) is 1. The monoisotopic (exact) mass is 468 g/mol. The minimum absolute atomic E-state index is 0.130. The van der Waals surface area contributed by atoms with E-state index in [4.69, 9.17) is 14.6 Å². The van der Waals surface area contributed by atoms with Gasteiger partial charge in [0, 0.05) is 64.8 Å². The number of halogens is 3. The van der Waals surface area contributed by atoms with Crippen LogP contribution in [0.25, 0.3) is 0 Å². The molecule has 4 heterocycles. The Morgan fingerprint density at radius 1 is 1.24 bits per heavy atom. The fourth-order valence-corrected chi connectivity index (χ4v) is 4.49. The molecule has 0 spiro atoms. The molecule has 2 fully saturated rings. The summed E-state index contributed by atoms with van der Waals surface area (Å²) in [5, 5.41) is 7.12. The van der Waals surface area contributed by atoms with Crippen LogP contribution in [0.4, 0.5) is 13.2 Å². The smallest absolute Gasteiger partial charge is 0.475 e. The van der Waals surface area contributed by atoms with Crippen molar-refractivity contribution in [3.05, 3.63) is 54.1 Å². The first kappa shape index (κ1) is 24.7. The maximum atomic E-state index is 13.1. The van der Waals surface area contributed by atoms with Crippen LogP contribution in [0.1, 0.15) is 22.5 Å². The van der Waals surface area contributed by atoms with Crippen molar-refractivity contribution in [1.29, 1.82) is 0 Å². The third kappa shape index (κ3) is 5.91. The Balaban J connectivity index is 0.000000383. The van der Waals surface area contributed by atoms with Crippen LogP contribution in [0.15, 0.2) is 42.9 Å². The zero-order valence-corrected chi connectivity index (χ0v) is 18.4. The lowest BCUT2D eigenvalue weighted by Gasteiger charge is -2.41. The maximum absolute atomic E-state index is 13.1. The second-order valence-electron chi connectivity index (χ2n) is 8.16. The number of amides is 1. The summed E-state index contributed by atoms with van der Waals surface area (Å²) < 4.78 is 39.4. The highest BCUT2D eigenvalue weighted by Crippen LogP contribution is 2.34. The van der Waals surface area contributed by atoms with E-state index in [1.807, 2.05) is 42.2 Å². The number of hydrogen-bond acceptors (Lipinski definition) is 5. The van der Waals surface area contributed by atoms with E-state index < -0.39 is 12.1 Å². The minimum atomic E-state index is -5.08. The Morgan fingerprint density at radius 3 is 2.52 bits per heavy atom. The van der Waals surface area contributed by atoms with Crippen LogP contribution >= 0.6 is 0 Å². The van der Waals surface area contributed by atoms with Crippen molar-refractivity contribution in [2.24, 2.45) is 13.0 Å². The normalized spacial score (nSPS) is 22.9. The number of pyridine rings is 1. The lowest BCUT2D eigenvalue weighted by Crippen LogP contribution is -2.53. The number of carbonyl (C=O) groups excluding carboxylic acids is 1. The number of likely N-dealkylation sites (tertiary alicyclic amines) is 2. The summed E-state index contributed by atoms with van der Waals surface area (Å²) in [7, 11) is 3.72. The van der Waals surface area contributed by atoms with Crippen LogP contribution in [0, 0.1) is 5.92 Å². The molecule has 2 aromatic heterocycles. The molecule has 0 aromatic carbocycles. The van der Waals surface area contributed by atoms with E-state index in [-0.39, 0.29) is 18.1 Å². The molecule has 1 N–H and O–H groups in total. The molecule has 1 amide bonds. The summed E-state index contributed by atoms with van der Waals surface area (Å²) in [6.45, 7) is 3.46. The largest absolute Gasteiger partial charge is 0.490 e. The number of fused-ring (bicyclic) bond motifs is 1. The van der Waals surface area contributed by atoms with Gasteiger partial charge in [-0.1, -0.05) is 6.07 Å². The lowest BCUT2D eigenvalue weighted by atomic mass is 9.88. The van der Waals surface area contributed by atoms with Gasteiger partial charge in [0.1, 0.15) is 5.69 Å². The predicted molar refractivity (Wildman–Crippen MR) is 112 cm³/mol. The lowest BCUT2D eigenvalue weighted by molar-refractivity contribution is -0.192. The number of carboxylic acid groups (broad SMARTS) is 1. The third-order valence-electron chi connectivity index (χ3n) is 6.04. The number of ether oxygens (including phenoxy) is 1. The number of carbonyl (C=O) groups is 2. The molecule has 4 rings (SSSR count). The number of methoxy groups -OCH3 is 1. The molecule has 0 aliphatic carbocycles. The minimum Gasteiger partial charge on any atom is -0.475 e. The fraction of sp³-hybridized carbons (Fsp3) is 0.500. The molecular formula is C22H27F3N4O4. The van der Waals surface area contributed by atoms with E-state index in [1.165, 1.54) is 5.56 Å². The first-order valence-corrected chi connectivity index (χ1v) is 10.5. The highest BCUT2D eigenvalue weighted by molar-refractivity contribution is 5.93. The number of aliphatic carboxylic acids is 1. The number of nitrogens with zero attached hydrogens (tertiary/aromatic N) is 4. The Bertz CT molecular complexity index is 951. The molecule has 180 valence electrons. The molecule has 33 heavy (non-hydrogen) atoms. The number of alkyl halides is 3. The molecule has 3 atom stereocenters. The van der Waals surface area contributed by atoms with E-state index in [0.29, 0.717) is 5.92 Å². The number of carboxylic acids is 1. The van der Waals surface area contributed by atoms with Crippen LogP contribution in [0.5, 0.6) is 0 Å². The Labute approximate surface area is 189 Å². The van der Waals surface area contributed by atoms with Crippen molar-refractivity contribution in [3.63, 3.8) is 0 Å². The summed E-state index contributed by atoms with van der Waals surface area (Å²) in [5.41, 5.74) is 1.96. The van der Waals surface area contributed by atoms with Crippen LogP contribution in [-0.2, 0) is 23.1 Å². The molecule has 2 aromatic rings. The molecular weight excluding hydrogens is 441 g/mol. The first-order chi connectivity index (χ1) is 15.6. The van der Waals surface area contributed by atoms with E-state index in [2.05, 4.69) is 20.9 Å². The average Bonchev–Trinajstić information content (AvgIpc) is 3.39. The SMILES string of the molecule is CO[C@H]1CCN(C(=O)c2cccn2C)[C@@H]2CN(Cc3cccnc3)C[C@H]12.O=C(O)C(F)(F)F. The molecule has 0 unspecified atom stereocenters. The second-order valence-corrected chi connectivity index (χ2v) is 8.16. The Kier molecular flexibility index (Phi) is 7.75. The Morgan fingerprint density at radius 2 is 1.97 bits per heavy atom. The summed E-state index contributed by atoms with van der Waals surface area (Å²) in [4.78, 5) is 30.7. The summed E-state index contributed by atoms with van der Waals surface area (Å²) in [6.07, 6.45) is 1.68. The predicted octanol–water partition coefficient (Wildman–Crippen LogP) is 2.41. The van der Waals surface area contributed by atoms with Gasteiger partial charge in [-0.2, -0.15) is 13.2 Å². The average molecular weight is 468 g/mol. The van der Waals surface area contributed by atoms with Gasteiger partial charge in [-0.25, -0.2) is 4.79 Å². The zero-order chi connectivity index (χ0) is 24.2. The van der Waals surface area contributed by atoms with Gasteiger partial charge in [-0.15, -0.1) is 0 Å². The number of rotatable bonds is 4. The molecule has 2 aliphatic rings. The van der Waals surface area contributed by atoms with Crippen LogP contribution in [-0.4, -0.2) is 81.4 Å². The van der Waals surface area contributed by atoms with Gasteiger partial charge in [0.05, 0.1) is 12.1 Å². The highest BCUT2D eigenvalue weighted by Gasteiger charge is 2.46. The summed E-state index contributed by atoms with van der Waals surface area (Å²) >= 11 is 0. The number of piperidine rings is 1. The molecule has 8 nitrogen and oxygen atoms in total. The van der Waals surface area contributed by atoms with Crippen molar-refractivity contribution in [1.82, 2.24) is 19.4 Å². The topological polar surface area (TPSA) is 87.9 Å². The molecule has 0 radical (unpaired) electrons. The molecule has 11 heteroatoms. The van der Waals surface area contributed by atoms with Gasteiger partial charge < -0.3 is 19.3 Å². The maximum Gasteiger partial charge on any atom is 0.490 e. The summed E-state index contributed by atoms with van der Waals surface area (Å²) in [6, 6.07) is 8.11. The van der Waals surface area contributed by atoms with Gasteiger partial charge in [0.2, 0.25) is 0 Å². The van der Waals surface area contributed by atoms with Gasteiger partial charge in [-0.3, -0.25) is 14.7 Å². The van der Waals surface area contributed by atoms with E-state index in [1.54, 1.807) is 13.3 Å². The fourth-order valence-electron chi connectivity index (χ4n) is 4.49. The van der Waals surface area contributed by atoms with Crippen LogP contribution in [0.2, 0.25) is 0 Å².